The van der Waals surface area contributed by atoms with Crippen LogP contribution in [-0.4, -0.2) is 20.4 Å². The molecule has 0 spiro atoms. The molecule has 5 heteroatoms. The van der Waals surface area contributed by atoms with Crippen LogP contribution in [0.2, 0.25) is 0 Å². The number of aromatic nitrogens is 2. The second-order valence-corrected chi connectivity index (χ2v) is 3.56. The molecule has 0 radical (unpaired) electrons. The second-order valence-electron chi connectivity index (χ2n) is 3.56. The van der Waals surface area contributed by atoms with E-state index in [0.717, 1.165) is 0 Å². The summed E-state index contributed by atoms with van der Waals surface area (Å²) in [5.74, 6) is -0.973. The van der Waals surface area contributed by atoms with Gasteiger partial charge in [-0.2, -0.15) is 0 Å². The van der Waals surface area contributed by atoms with Gasteiger partial charge in [0.25, 0.3) is 0 Å². The molecular formula is C12H10N2O3. The van der Waals surface area contributed by atoms with Crippen LogP contribution in [0.3, 0.4) is 0 Å². The zero-order valence-corrected chi connectivity index (χ0v) is 9.12. The summed E-state index contributed by atoms with van der Waals surface area (Å²) >= 11 is 0. The fraction of sp³-hybridized carbons (Fsp3) is 0.0833. The maximum Gasteiger partial charge on any atom is 0.223 e. The predicted molar refractivity (Wildman–Crippen MR) is 61.0 cm³/mol. The topological polar surface area (TPSA) is 72.2 Å². The lowest BCUT2D eigenvalue weighted by Gasteiger charge is -2.08. The molecule has 2 aromatic heterocycles. The third-order valence-corrected chi connectivity index (χ3v) is 2.40. The Bertz CT molecular complexity index is 617. The Morgan fingerprint density at radius 2 is 2.18 bits per heavy atom. The van der Waals surface area contributed by atoms with Crippen molar-refractivity contribution >= 4 is 5.78 Å². The number of carbonyl (C=O) groups is 1. The highest BCUT2D eigenvalue weighted by molar-refractivity contribution is 6.09. The lowest BCUT2D eigenvalue weighted by molar-refractivity contribution is 0.102. The molecular weight excluding hydrogens is 220 g/mol. The molecule has 0 atom stereocenters. The first-order valence-corrected chi connectivity index (χ1v) is 4.94. The molecule has 2 heterocycles. The van der Waals surface area contributed by atoms with Crippen molar-refractivity contribution in [1.29, 1.82) is 0 Å². The number of hydrogen-bond acceptors (Lipinski definition) is 4. The fourth-order valence-electron chi connectivity index (χ4n) is 1.52. The first kappa shape index (κ1) is 11.1. The monoisotopic (exact) mass is 230 g/mol. The van der Waals surface area contributed by atoms with Crippen LogP contribution in [0.25, 0.3) is 0 Å². The van der Waals surface area contributed by atoms with Crippen LogP contribution in [-0.2, 0) is 7.05 Å². The van der Waals surface area contributed by atoms with Crippen molar-refractivity contribution in [3.8, 4) is 5.75 Å². The number of pyridine rings is 2. The molecule has 86 valence electrons. The van der Waals surface area contributed by atoms with Crippen molar-refractivity contribution in [3.05, 3.63) is 58.3 Å². The van der Waals surface area contributed by atoms with Gasteiger partial charge in [-0.1, -0.05) is 0 Å². The van der Waals surface area contributed by atoms with E-state index in [4.69, 9.17) is 0 Å². The van der Waals surface area contributed by atoms with Gasteiger partial charge >= 0.3 is 0 Å². The summed E-state index contributed by atoms with van der Waals surface area (Å²) in [5.41, 5.74) is -0.287. The van der Waals surface area contributed by atoms with E-state index in [1.54, 1.807) is 25.4 Å². The van der Waals surface area contributed by atoms with E-state index >= 15 is 0 Å². The van der Waals surface area contributed by atoms with Gasteiger partial charge in [-0.3, -0.25) is 14.6 Å². The van der Waals surface area contributed by atoms with Crippen LogP contribution in [0.1, 0.15) is 16.1 Å². The minimum absolute atomic E-state index is 0.0366. The molecule has 0 aliphatic carbocycles. The number of aryl methyl sites for hydroxylation is 1. The third kappa shape index (κ3) is 1.94. The molecule has 0 saturated heterocycles. The Morgan fingerprint density at radius 1 is 1.41 bits per heavy atom. The summed E-state index contributed by atoms with van der Waals surface area (Å²) in [6.07, 6.45) is 4.37. The van der Waals surface area contributed by atoms with Gasteiger partial charge in [0.2, 0.25) is 11.2 Å². The minimum atomic E-state index is -0.574. The predicted octanol–water partition coefficient (Wildman–Crippen LogP) is 0.717. The summed E-state index contributed by atoms with van der Waals surface area (Å²) in [6, 6.07) is 4.40. The number of aromatic hydroxyl groups is 1. The fourth-order valence-corrected chi connectivity index (χ4v) is 1.52. The molecule has 2 rings (SSSR count). The Balaban J connectivity index is 2.60. The van der Waals surface area contributed by atoms with Crippen LogP contribution in [0.5, 0.6) is 5.75 Å². The number of carbonyl (C=O) groups excluding carboxylic acids is 1. The van der Waals surface area contributed by atoms with Gasteiger partial charge in [0, 0.05) is 37.3 Å². The number of rotatable bonds is 2. The van der Waals surface area contributed by atoms with E-state index in [1.165, 1.54) is 23.0 Å². The van der Waals surface area contributed by atoms with Gasteiger partial charge < -0.3 is 9.67 Å². The quantitative estimate of drug-likeness (QED) is 0.771. The van der Waals surface area contributed by atoms with E-state index in [2.05, 4.69) is 4.98 Å². The highest BCUT2D eigenvalue weighted by Crippen LogP contribution is 2.15. The number of nitrogens with zero attached hydrogens (tertiary/aromatic N) is 2. The smallest absolute Gasteiger partial charge is 0.223 e. The van der Waals surface area contributed by atoms with Crippen LogP contribution in [0.4, 0.5) is 0 Å². The lowest BCUT2D eigenvalue weighted by Crippen LogP contribution is -2.15. The molecule has 0 saturated carbocycles. The standard InChI is InChI=1S/C12H10N2O3/c1-14-6-4-9(15)12(17)10(14)11(16)8-3-2-5-13-7-8/h2-7,17H,1H3. The molecule has 0 amide bonds. The van der Waals surface area contributed by atoms with Crippen LogP contribution in [0, 0.1) is 0 Å². The van der Waals surface area contributed by atoms with Gasteiger partial charge in [-0.25, -0.2) is 0 Å². The summed E-state index contributed by atoms with van der Waals surface area (Å²) < 4.78 is 1.41. The summed E-state index contributed by atoms with van der Waals surface area (Å²) in [6.45, 7) is 0. The van der Waals surface area contributed by atoms with Gasteiger partial charge in [-0.05, 0) is 12.1 Å². The first-order valence-electron chi connectivity index (χ1n) is 4.94. The third-order valence-electron chi connectivity index (χ3n) is 2.40. The molecule has 0 bridgehead atoms. The van der Waals surface area contributed by atoms with Crippen LogP contribution < -0.4 is 5.43 Å². The highest BCUT2D eigenvalue weighted by Gasteiger charge is 2.18. The molecule has 1 N–H and O–H groups in total. The number of ketones is 1. The van der Waals surface area contributed by atoms with Crippen LogP contribution >= 0.6 is 0 Å². The molecule has 2 aromatic rings. The van der Waals surface area contributed by atoms with Crippen molar-refractivity contribution in [2.75, 3.05) is 0 Å². The highest BCUT2D eigenvalue weighted by atomic mass is 16.3. The van der Waals surface area contributed by atoms with Crippen molar-refractivity contribution in [2.24, 2.45) is 7.05 Å². The van der Waals surface area contributed by atoms with Crippen molar-refractivity contribution in [3.63, 3.8) is 0 Å². The lowest BCUT2D eigenvalue weighted by atomic mass is 10.1. The summed E-state index contributed by atoms with van der Waals surface area (Å²) in [4.78, 5) is 27.2. The second kappa shape index (κ2) is 4.21. The summed E-state index contributed by atoms with van der Waals surface area (Å²) in [7, 11) is 1.59. The minimum Gasteiger partial charge on any atom is -0.503 e. The van der Waals surface area contributed by atoms with Gasteiger partial charge in [0.05, 0.1) is 0 Å². The number of hydrogen-bond donors (Lipinski definition) is 1. The molecule has 0 aliphatic heterocycles. The van der Waals surface area contributed by atoms with Crippen molar-refractivity contribution in [2.45, 2.75) is 0 Å². The van der Waals surface area contributed by atoms with Crippen molar-refractivity contribution < 1.29 is 9.90 Å². The Kier molecular flexibility index (Phi) is 2.74. The largest absolute Gasteiger partial charge is 0.503 e. The average Bonchev–Trinajstić information content (AvgIpc) is 2.35. The SMILES string of the molecule is Cn1ccc(=O)c(O)c1C(=O)c1cccnc1. The van der Waals surface area contributed by atoms with E-state index in [0.29, 0.717) is 5.56 Å². The van der Waals surface area contributed by atoms with E-state index in [9.17, 15) is 14.7 Å². The maximum atomic E-state index is 12.1. The normalized spacial score (nSPS) is 10.2. The van der Waals surface area contributed by atoms with E-state index < -0.39 is 17.0 Å². The molecule has 0 unspecified atom stereocenters. The van der Waals surface area contributed by atoms with Crippen LogP contribution in [0.15, 0.2) is 41.6 Å². The van der Waals surface area contributed by atoms with Gasteiger partial charge in [0.1, 0.15) is 5.69 Å². The zero-order valence-electron chi connectivity index (χ0n) is 9.12. The maximum absolute atomic E-state index is 12.1. The molecule has 0 aliphatic rings. The van der Waals surface area contributed by atoms with Gasteiger partial charge in [0.15, 0.2) is 5.75 Å². The molecule has 5 nitrogen and oxygen atoms in total. The van der Waals surface area contributed by atoms with E-state index in [-0.39, 0.29) is 5.69 Å². The Labute approximate surface area is 97.0 Å². The molecule has 0 fully saturated rings. The van der Waals surface area contributed by atoms with Gasteiger partial charge in [-0.15, -0.1) is 0 Å². The Morgan fingerprint density at radius 3 is 2.82 bits per heavy atom. The average molecular weight is 230 g/mol. The zero-order chi connectivity index (χ0) is 12.4. The summed E-state index contributed by atoms with van der Waals surface area (Å²) in [5, 5.41) is 9.64. The Hall–Kier alpha value is -2.43. The first-order chi connectivity index (χ1) is 8.11. The van der Waals surface area contributed by atoms with E-state index in [1.807, 2.05) is 0 Å². The molecule has 17 heavy (non-hydrogen) atoms. The van der Waals surface area contributed by atoms with Crippen molar-refractivity contribution in [1.82, 2.24) is 9.55 Å². The molecule has 0 aromatic carbocycles.